The van der Waals surface area contributed by atoms with E-state index in [-0.39, 0.29) is 11.8 Å². The second kappa shape index (κ2) is 8.26. The highest BCUT2D eigenvalue weighted by molar-refractivity contribution is 7.80. The highest BCUT2D eigenvalue weighted by Gasteiger charge is 2.12. The molecule has 19 heavy (non-hydrogen) atoms. The zero-order chi connectivity index (χ0) is 14.3. The van der Waals surface area contributed by atoms with Crippen LogP contribution in [0.1, 0.15) is 31.9 Å². The van der Waals surface area contributed by atoms with Crippen LogP contribution in [0.5, 0.6) is 0 Å². The van der Waals surface area contributed by atoms with Gasteiger partial charge in [-0.15, -0.1) is 0 Å². The molecule has 0 spiro atoms. The van der Waals surface area contributed by atoms with Crippen LogP contribution >= 0.6 is 12.6 Å². The van der Waals surface area contributed by atoms with Gasteiger partial charge in [-0.3, -0.25) is 4.79 Å². The molecule has 0 bridgehead atoms. The van der Waals surface area contributed by atoms with Gasteiger partial charge < -0.3 is 5.32 Å². The van der Waals surface area contributed by atoms with E-state index in [1.165, 1.54) is 11.1 Å². The van der Waals surface area contributed by atoms with Crippen molar-refractivity contribution in [1.82, 2.24) is 5.32 Å². The molecule has 0 aliphatic rings. The summed E-state index contributed by atoms with van der Waals surface area (Å²) in [7, 11) is 0. The van der Waals surface area contributed by atoms with Crippen LogP contribution in [0.15, 0.2) is 24.3 Å². The standard InChI is InChI=1S/C16H25NOS/c1-12(2)10-14-4-6-15(7-5-14)11-13(3)16(18)17-8-9-19/h4-7,12-13,19H,8-11H2,1-3H3,(H,17,18). The molecule has 0 saturated carbocycles. The van der Waals surface area contributed by atoms with Gasteiger partial charge >= 0.3 is 0 Å². The minimum absolute atomic E-state index is 0.0100. The van der Waals surface area contributed by atoms with Crippen molar-refractivity contribution in [2.75, 3.05) is 12.3 Å². The third-order valence-electron chi connectivity index (χ3n) is 3.07. The van der Waals surface area contributed by atoms with Crippen LogP contribution in [0.4, 0.5) is 0 Å². The summed E-state index contributed by atoms with van der Waals surface area (Å²) in [6, 6.07) is 8.63. The molecule has 1 rings (SSSR count). The number of hydrogen-bond acceptors (Lipinski definition) is 2. The Kier molecular flexibility index (Phi) is 7.00. The molecule has 1 amide bonds. The maximum absolute atomic E-state index is 11.8. The Balaban J connectivity index is 2.50. The van der Waals surface area contributed by atoms with Gasteiger partial charge in [0.2, 0.25) is 5.91 Å². The lowest BCUT2D eigenvalue weighted by Gasteiger charge is -2.12. The molecule has 0 fully saturated rings. The first-order valence-corrected chi connectivity index (χ1v) is 7.62. The third-order valence-corrected chi connectivity index (χ3v) is 3.29. The van der Waals surface area contributed by atoms with Crippen LogP contribution in [-0.4, -0.2) is 18.2 Å². The van der Waals surface area contributed by atoms with E-state index in [0.717, 1.165) is 12.8 Å². The first-order chi connectivity index (χ1) is 9.02. The van der Waals surface area contributed by atoms with Gasteiger partial charge in [-0.1, -0.05) is 45.0 Å². The Morgan fingerprint density at radius 2 is 1.63 bits per heavy atom. The predicted octanol–water partition coefficient (Wildman–Crippen LogP) is 3.11. The first kappa shape index (κ1) is 16.1. The van der Waals surface area contributed by atoms with E-state index < -0.39 is 0 Å². The molecule has 1 N–H and O–H groups in total. The monoisotopic (exact) mass is 279 g/mol. The van der Waals surface area contributed by atoms with Gasteiger partial charge in [-0.25, -0.2) is 0 Å². The quantitative estimate of drug-likeness (QED) is 0.738. The van der Waals surface area contributed by atoms with Crippen molar-refractivity contribution in [3.05, 3.63) is 35.4 Å². The average molecular weight is 279 g/mol. The van der Waals surface area contributed by atoms with E-state index in [1.807, 2.05) is 6.92 Å². The number of carbonyl (C=O) groups is 1. The van der Waals surface area contributed by atoms with Crippen molar-refractivity contribution in [3.63, 3.8) is 0 Å². The van der Waals surface area contributed by atoms with Gasteiger partial charge in [0, 0.05) is 18.2 Å². The summed E-state index contributed by atoms with van der Waals surface area (Å²) in [5, 5.41) is 2.87. The van der Waals surface area contributed by atoms with E-state index in [2.05, 4.69) is 56.1 Å². The van der Waals surface area contributed by atoms with Gasteiger partial charge in [0.1, 0.15) is 0 Å². The van der Waals surface area contributed by atoms with E-state index in [0.29, 0.717) is 18.2 Å². The molecule has 0 saturated heterocycles. The molecular weight excluding hydrogens is 254 g/mol. The van der Waals surface area contributed by atoms with Crippen molar-refractivity contribution in [2.24, 2.45) is 11.8 Å². The fourth-order valence-corrected chi connectivity index (χ4v) is 2.19. The number of hydrogen-bond donors (Lipinski definition) is 2. The number of nitrogens with one attached hydrogen (secondary N) is 1. The van der Waals surface area contributed by atoms with E-state index in [9.17, 15) is 4.79 Å². The normalized spacial score (nSPS) is 12.5. The van der Waals surface area contributed by atoms with Crippen LogP contribution < -0.4 is 5.32 Å². The van der Waals surface area contributed by atoms with Crippen LogP contribution in [0.25, 0.3) is 0 Å². The SMILES string of the molecule is CC(C)Cc1ccc(CC(C)C(=O)NCCS)cc1. The summed E-state index contributed by atoms with van der Waals surface area (Å²) in [6.45, 7) is 7.05. The Morgan fingerprint density at radius 3 is 2.11 bits per heavy atom. The van der Waals surface area contributed by atoms with Gasteiger partial charge in [-0.2, -0.15) is 12.6 Å². The maximum atomic E-state index is 11.8. The molecule has 0 radical (unpaired) electrons. The second-order valence-electron chi connectivity index (χ2n) is 5.53. The molecule has 1 atom stereocenters. The molecule has 106 valence electrons. The van der Waals surface area contributed by atoms with Crippen LogP contribution in [0.3, 0.4) is 0 Å². The predicted molar refractivity (Wildman–Crippen MR) is 84.7 cm³/mol. The summed E-state index contributed by atoms with van der Waals surface area (Å²) >= 11 is 4.09. The molecule has 1 aromatic carbocycles. The van der Waals surface area contributed by atoms with Crippen molar-refractivity contribution in [3.8, 4) is 0 Å². The molecule has 0 heterocycles. The molecule has 2 nitrogen and oxygen atoms in total. The summed E-state index contributed by atoms with van der Waals surface area (Å²) in [4.78, 5) is 11.8. The molecular formula is C16H25NOS. The lowest BCUT2D eigenvalue weighted by molar-refractivity contribution is -0.124. The number of benzene rings is 1. The molecule has 0 aromatic heterocycles. The summed E-state index contributed by atoms with van der Waals surface area (Å²) in [5.41, 5.74) is 2.59. The highest BCUT2D eigenvalue weighted by atomic mass is 32.1. The fraction of sp³-hybridized carbons (Fsp3) is 0.562. The van der Waals surface area contributed by atoms with E-state index in [1.54, 1.807) is 0 Å². The largest absolute Gasteiger partial charge is 0.355 e. The van der Waals surface area contributed by atoms with Crippen LogP contribution in [0.2, 0.25) is 0 Å². The highest BCUT2D eigenvalue weighted by Crippen LogP contribution is 2.13. The van der Waals surface area contributed by atoms with Crippen molar-refractivity contribution >= 4 is 18.5 Å². The number of rotatable bonds is 7. The van der Waals surface area contributed by atoms with Crippen LogP contribution in [0, 0.1) is 11.8 Å². The van der Waals surface area contributed by atoms with E-state index in [4.69, 9.17) is 0 Å². The van der Waals surface area contributed by atoms with Gasteiger partial charge in [0.05, 0.1) is 0 Å². The first-order valence-electron chi connectivity index (χ1n) is 6.99. The van der Waals surface area contributed by atoms with Crippen molar-refractivity contribution < 1.29 is 4.79 Å². The van der Waals surface area contributed by atoms with Crippen molar-refractivity contribution in [1.29, 1.82) is 0 Å². The third kappa shape index (κ3) is 6.15. The summed E-state index contributed by atoms with van der Waals surface area (Å²) in [6.07, 6.45) is 1.90. The minimum Gasteiger partial charge on any atom is -0.355 e. The second-order valence-corrected chi connectivity index (χ2v) is 5.98. The maximum Gasteiger partial charge on any atom is 0.223 e. The van der Waals surface area contributed by atoms with Crippen molar-refractivity contribution in [2.45, 2.75) is 33.6 Å². The fourth-order valence-electron chi connectivity index (χ4n) is 2.08. The number of carbonyl (C=O) groups excluding carboxylic acids is 1. The smallest absolute Gasteiger partial charge is 0.223 e. The zero-order valence-electron chi connectivity index (χ0n) is 12.1. The molecule has 3 heteroatoms. The summed E-state index contributed by atoms with van der Waals surface area (Å²) < 4.78 is 0. The topological polar surface area (TPSA) is 29.1 Å². The minimum atomic E-state index is 0.0100. The number of amides is 1. The summed E-state index contributed by atoms with van der Waals surface area (Å²) in [5.74, 6) is 1.48. The van der Waals surface area contributed by atoms with Crippen LogP contribution in [-0.2, 0) is 17.6 Å². The molecule has 1 unspecified atom stereocenters. The van der Waals surface area contributed by atoms with Gasteiger partial charge in [0.15, 0.2) is 0 Å². The lowest BCUT2D eigenvalue weighted by Crippen LogP contribution is -2.31. The molecule has 0 aliphatic carbocycles. The number of thiol groups is 1. The lowest BCUT2D eigenvalue weighted by atomic mass is 9.97. The Labute approximate surface area is 122 Å². The van der Waals surface area contributed by atoms with E-state index >= 15 is 0 Å². The Morgan fingerprint density at radius 1 is 1.11 bits per heavy atom. The molecule has 0 aliphatic heterocycles. The zero-order valence-corrected chi connectivity index (χ0v) is 13.0. The average Bonchev–Trinajstić information content (AvgIpc) is 2.37. The Bertz CT molecular complexity index is 386. The van der Waals surface area contributed by atoms with Gasteiger partial charge in [-0.05, 0) is 29.9 Å². The van der Waals surface area contributed by atoms with Gasteiger partial charge in [0.25, 0.3) is 0 Å². The Hall–Kier alpha value is -0.960. The molecule has 1 aromatic rings.